The second kappa shape index (κ2) is 5.98. The van der Waals surface area contributed by atoms with Crippen molar-refractivity contribution in [3.8, 4) is 0 Å². The minimum absolute atomic E-state index is 0.0874. The predicted octanol–water partition coefficient (Wildman–Crippen LogP) is 1.26. The van der Waals surface area contributed by atoms with Crippen LogP contribution in [0, 0.1) is 6.92 Å². The molecule has 0 saturated heterocycles. The number of nitrogen functional groups attached to an aromatic ring is 1. The van der Waals surface area contributed by atoms with Gasteiger partial charge in [0.2, 0.25) is 0 Å². The van der Waals surface area contributed by atoms with Gasteiger partial charge < -0.3 is 21.3 Å². The molecule has 0 aromatic heterocycles. The van der Waals surface area contributed by atoms with Crippen LogP contribution in [0.4, 0.5) is 16.2 Å². The lowest BCUT2D eigenvalue weighted by Crippen LogP contribution is -2.37. The smallest absolute Gasteiger partial charge is 0.316 e. The van der Waals surface area contributed by atoms with Gasteiger partial charge in [0.05, 0.1) is 0 Å². The molecular formula is C12H20N4O. The highest BCUT2D eigenvalue weighted by Crippen LogP contribution is 2.15. The average molecular weight is 236 g/mol. The van der Waals surface area contributed by atoms with Crippen LogP contribution in [0.25, 0.3) is 0 Å². The zero-order valence-electron chi connectivity index (χ0n) is 10.6. The standard InChI is InChI=1S/C12H20N4O/c1-9-6-10(13)8-11(7-9)14-4-5-15-12(17)16(2)3/h6-8,14H,4-5,13H2,1-3H3,(H,15,17). The fraction of sp³-hybridized carbons (Fsp3) is 0.417. The van der Waals surface area contributed by atoms with Gasteiger partial charge in [-0.2, -0.15) is 0 Å². The van der Waals surface area contributed by atoms with E-state index in [1.54, 1.807) is 14.1 Å². The molecule has 4 N–H and O–H groups in total. The van der Waals surface area contributed by atoms with E-state index in [2.05, 4.69) is 10.6 Å². The highest BCUT2D eigenvalue weighted by molar-refractivity contribution is 5.73. The Morgan fingerprint density at radius 1 is 1.29 bits per heavy atom. The molecule has 5 heteroatoms. The molecule has 0 saturated carbocycles. The third-order valence-electron chi connectivity index (χ3n) is 2.24. The van der Waals surface area contributed by atoms with E-state index in [1.165, 1.54) is 4.90 Å². The van der Waals surface area contributed by atoms with E-state index >= 15 is 0 Å². The van der Waals surface area contributed by atoms with Gasteiger partial charge in [-0.15, -0.1) is 0 Å². The zero-order chi connectivity index (χ0) is 12.8. The molecule has 94 valence electrons. The summed E-state index contributed by atoms with van der Waals surface area (Å²) in [4.78, 5) is 12.7. The van der Waals surface area contributed by atoms with Crippen molar-refractivity contribution in [2.75, 3.05) is 38.2 Å². The molecule has 0 spiro atoms. The first-order valence-electron chi connectivity index (χ1n) is 5.55. The average Bonchev–Trinajstić information content (AvgIpc) is 2.22. The molecule has 0 atom stereocenters. The Hall–Kier alpha value is -1.91. The van der Waals surface area contributed by atoms with E-state index in [4.69, 9.17) is 5.73 Å². The summed E-state index contributed by atoms with van der Waals surface area (Å²) < 4.78 is 0. The number of rotatable bonds is 4. The first kappa shape index (κ1) is 13.2. The molecular weight excluding hydrogens is 216 g/mol. The van der Waals surface area contributed by atoms with Gasteiger partial charge in [-0.05, 0) is 30.7 Å². The van der Waals surface area contributed by atoms with Crippen molar-refractivity contribution >= 4 is 17.4 Å². The Morgan fingerprint density at radius 2 is 2.00 bits per heavy atom. The van der Waals surface area contributed by atoms with Crippen LogP contribution >= 0.6 is 0 Å². The Balaban J connectivity index is 2.33. The number of nitrogens with two attached hydrogens (primary N) is 1. The maximum absolute atomic E-state index is 11.2. The molecule has 0 heterocycles. The number of hydrogen-bond donors (Lipinski definition) is 3. The number of carbonyl (C=O) groups excluding carboxylic acids is 1. The molecule has 0 radical (unpaired) electrons. The molecule has 0 aliphatic heterocycles. The van der Waals surface area contributed by atoms with Gasteiger partial charge >= 0.3 is 6.03 Å². The number of hydrogen-bond acceptors (Lipinski definition) is 3. The Bertz CT molecular complexity index is 370. The first-order valence-corrected chi connectivity index (χ1v) is 5.55. The number of urea groups is 1. The van der Waals surface area contributed by atoms with E-state index in [0.29, 0.717) is 13.1 Å². The van der Waals surface area contributed by atoms with Crippen molar-refractivity contribution in [1.82, 2.24) is 10.2 Å². The molecule has 1 aromatic carbocycles. The van der Waals surface area contributed by atoms with Gasteiger partial charge in [-0.3, -0.25) is 0 Å². The summed E-state index contributed by atoms with van der Waals surface area (Å²) in [5.41, 5.74) is 8.57. The molecule has 0 unspecified atom stereocenters. The van der Waals surface area contributed by atoms with Gasteiger partial charge in [0.25, 0.3) is 0 Å². The van der Waals surface area contributed by atoms with Crippen LogP contribution in [0.5, 0.6) is 0 Å². The lowest BCUT2D eigenvalue weighted by atomic mass is 10.2. The van der Waals surface area contributed by atoms with Crippen molar-refractivity contribution in [3.63, 3.8) is 0 Å². The normalized spacial score (nSPS) is 9.82. The van der Waals surface area contributed by atoms with Crippen molar-refractivity contribution in [2.24, 2.45) is 0 Å². The molecule has 2 amide bonds. The largest absolute Gasteiger partial charge is 0.399 e. The number of carbonyl (C=O) groups is 1. The van der Waals surface area contributed by atoms with Crippen LogP contribution in [0.1, 0.15) is 5.56 Å². The topological polar surface area (TPSA) is 70.4 Å². The number of nitrogens with zero attached hydrogens (tertiary/aromatic N) is 1. The van der Waals surface area contributed by atoms with E-state index in [1.807, 2.05) is 25.1 Å². The zero-order valence-corrected chi connectivity index (χ0v) is 10.6. The van der Waals surface area contributed by atoms with Gasteiger partial charge in [-0.1, -0.05) is 0 Å². The van der Waals surface area contributed by atoms with Crippen molar-refractivity contribution in [2.45, 2.75) is 6.92 Å². The highest BCUT2D eigenvalue weighted by Gasteiger charge is 2.01. The minimum Gasteiger partial charge on any atom is -0.399 e. The van der Waals surface area contributed by atoms with E-state index < -0.39 is 0 Å². The molecule has 0 fully saturated rings. The Labute approximate surface area is 102 Å². The predicted molar refractivity (Wildman–Crippen MR) is 71.2 cm³/mol. The summed E-state index contributed by atoms with van der Waals surface area (Å²) in [5.74, 6) is 0. The summed E-state index contributed by atoms with van der Waals surface area (Å²) in [6.45, 7) is 3.24. The molecule has 0 aliphatic carbocycles. The minimum atomic E-state index is -0.0874. The number of aryl methyl sites for hydroxylation is 1. The first-order chi connectivity index (χ1) is 7.99. The van der Waals surface area contributed by atoms with Crippen LogP contribution in [-0.2, 0) is 0 Å². The molecule has 0 bridgehead atoms. The SMILES string of the molecule is Cc1cc(N)cc(NCCNC(=O)N(C)C)c1. The third kappa shape index (κ3) is 4.63. The van der Waals surface area contributed by atoms with Crippen molar-refractivity contribution in [3.05, 3.63) is 23.8 Å². The van der Waals surface area contributed by atoms with Crippen LogP contribution < -0.4 is 16.4 Å². The second-order valence-corrected chi connectivity index (χ2v) is 4.19. The monoisotopic (exact) mass is 236 g/mol. The molecule has 1 rings (SSSR count). The van der Waals surface area contributed by atoms with Crippen LogP contribution in [0.15, 0.2) is 18.2 Å². The fourth-order valence-electron chi connectivity index (χ4n) is 1.45. The maximum Gasteiger partial charge on any atom is 0.316 e. The lowest BCUT2D eigenvalue weighted by molar-refractivity contribution is 0.218. The van der Waals surface area contributed by atoms with Gasteiger partial charge in [-0.25, -0.2) is 4.79 Å². The van der Waals surface area contributed by atoms with E-state index in [0.717, 1.165) is 16.9 Å². The number of amides is 2. The van der Waals surface area contributed by atoms with Crippen molar-refractivity contribution < 1.29 is 4.79 Å². The summed E-state index contributed by atoms with van der Waals surface area (Å²) in [7, 11) is 3.42. The second-order valence-electron chi connectivity index (χ2n) is 4.19. The van der Waals surface area contributed by atoms with Crippen LogP contribution in [0.3, 0.4) is 0 Å². The number of benzene rings is 1. The summed E-state index contributed by atoms with van der Waals surface area (Å²) in [6, 6.07) is 5.72. The van der Waals surface area contributed by atoms with Crippen LogP contribution in [-0.4, -0.2) is 38.1 Å². The van der Waals surface area contributed by atoms with Gasteiger partial charge in [0.15, 0.2) is 0 Å². The number of anilines is 2. The third-order valence-corrected chi connectivity index (χ3v) is 2.24. The highest BCUT2D eigenvalue weighted by atomic mass is 16.2. The molecule has 1 aromatic rings. The summed E-state index contributed by atoms with van der Waals surface area (Å²) in [6.07, 6.45) is 0. The summed E-state index contributed by atoms with van der Waals surface area (Å²) >= 11 is 0. The van der Waals surface area contributed by atoms with Gasteiger partial charge in [0.1, 0.15) is 0 Å². The Kier molecular flexibility index (Phi) is 4.63. The molecule has 17 heavy (non-hydrogen) atoms. The Morgan fingerprint density at radius 3 is 2.59 bits per heavy atom. The summed E-state index contributed by atoms with van der Waals surface area (Å²) in [5, 5.41) is 5.98. The lowest BCUT2D eigenvalue weighted by Gasteiger charge is -2.13. The van der Waals surface area contributed by atoms with Crippen molar-refractivity contribution in [1.29, 1.82) is 0 Å². The van der Waals surface area contributed by atoms with Gasteiger partial charge in [0, 0.05) is 38.6 Å². The van der Waals surface area contributed by atoms with Crippen LogP contribution in [0.2, 0.25) is 0 Å². The maximum atomic E-state index is 11.2. The molecule has 0 aliphatic rings. The van der Waals surface area contributed by atoms with E-state index in [9.17, 15) is 4.79 Å². The van der Waals surface area contributed by atoms with E-state index in [-0.39, 0.29) is 6.03 Å². The molecule has 5 nitrogen and oxygen atoms in total. The number of nitrogens with one attached hydrogen (secondary N) is 2. The quantitative estimate of drug-likeness (QED) is 0.544. The fourth-order valence-corrected chi connectivity index (χ4v) is 1.45.